The molecule has 7 heteroatoms. The summed E-state index contributed by atoms with van der Waals surface area (Å²) in [4.78, 5) is 0. The first-order chi connectivity index (χ1) is 7.16. The van der Waals surface area contributed by atoms with Crippen LogP contribution in [0.2, 0.25) is 0 Å². The van der Waals surface area contributed by atoms with Crippen molar-refractivity contribution in [3.8, 4) is 0 Å². The maximum Gasteiger partial charge on any atom is 0.180 e. The summed E-state index contributed by atoms with van der Waals surface area (Å²) in [6.07, 6.45) is 1.56. The molecule has 0 rings (SSSR count). The zero-order valence-electron chi connectivity index (χ0n) is 8.50. The molecule has 6 nitrogen and oxygen atoms in total. The first-order valence-corrected chi connectivity index (χ1v) is 5.20. The van der Waals surface area contributed by atoms with Crippen molar-refractivity contribution >= 4 is 8.69 Å². The zero-order valence-corrected chi connectivity index (χ0v) is 9.66. The molecule has 0 aromatic rings. The van der Waals surface area contributed by atoms with Crippen LogP contribution in [0.4, 0.5) is 0 Å². The Kier molecular flexibility index (Phi) is 13.6. The molecule has 1 atom stereocenters. The Balaban J connectivity index is 0. The van der Waals surface area contributed by atoms with E-state index in [1.165, 1.54) is 0 Å². The average molecular weight is 242 g/mol. The molecule has 0 spiro atoms. The van der Waals surface area contributed by atoms with E-state index in [9.17, 15) is 4.57 Å². The highest BCUT2D eigenvalue weighted by atomic mass is 31.1. The summed E-state index contributed by atoms with van der Waals surface area (Å²) < 4.78 is 13.9. The third kappa shape index (κ3) is 8.74. The molecule has 1 unspecified atom stereocenters. The van der Waals surface area contributed by atoms with Gasteiger partial charge in [0.1, 0.15) is 0 Å². The predicted molar refractivity (Wildman–Crippen MR) is 57.3 cm³/mol. The van der Waals surface area contributed by atoms with E-state index in [1.54, 1.807) is 6.08 Å². The van der Waals surface area contributed by atoms with Crippen LogP contribution in [0.3, 0.4) is 0 Å². The highest BCUT2D eigenvalue weighted by molar-refractivity contribution is 7.17. The van der Waals surface area contributed by atoms with Crippen LogP contribution < -0.4 is 0 Å². The Labute approximate surface area is 90.1 Å². The lowest BCUT2D eigenvalue weighted by Gasteiger charge is -2.23. The minimum absolute atomic E-state index is 0.402. The molecule has 4 N–H and O–H groups in total. The highest BCUT2D eigenvalue weighted by Crippen LogP contribution is 2.11. The fourth-order valence-corrected chi connectivity index (χ4v) is 0.622. The van der Waals surface area contributed by atoms with Crippen molar-refractivity contribution in [3.63, 3.8) is 0 Å². The summed E-state index contributed by atoms with van der Waals surface area (Å²) in [6.45, 7) is 2.12. The van der Waals surface area contributed by atoms with Gasteiger partial charge in [0.05, 0.1) is 38.4 Å². The molecule has 92 valence electrons. The van der Waals surface area contributed by atoms with Gasteiger partial charge in [0.25, 0.3) is 0 Å². The third-order valence-electron chi connectivity index (χ3n) is 1.62. The number of hydrogen-bond acceptors (Lipinski definition) is 6. The van der Waals surface area contributed by atoms with Gasteiger partial charge in [-0.15, -0.1) is 6.58 Å². The van der Waals surface area contributed by atoms with Gasteiger partial charge in [-0.2, -0.15) is 0 Å². The highest BCUT2D eigenvalue weighted by Gasteiger charge is 2.26. The van der Waals surface area contributed by atoms with E-state index in [0.29, 0.717) is 6.61 Å². The molecule has 0 bridgehead atoms. The summed E-state index contributed by atoms with van der Waals surface area (Å²) in [5.74, 6) is 0. The van der Waals surface area contributed by atoms with Gasteiger partial charge in [-0.05, 0) is 0 Å². The van der Waals surface area contributed by atoms with Crippen LogP contribution in [0.1, 0.15) is 0 Å². The van der Waals surface area contributed by atoms with Crippen molar-refractivity contribution in [2.45, 2.75) is 0 Å². The monoisotopic (exact) mass is 242 g/mol. The average Bonchev–Trinajstić information content (AvgIpc) is 2.31. The third-order valence-corrected chi connectivity index (χ3v) is 1.95. The first kappa shape index (κ1) is 17.2. The van der Waals surface area contributed by atoms with Gasteiger partial charge in [-0.25, -0.2) is 0 Å². The molecule has 0 aliphatic heterocycles. The molecule has 0 aromatic heterocycles. The number of aliphatic hydroxyl groups excluding tert-OH is 4. The molecule has 0 amide bonds. The van der Waals surface area contributed by atoms with Gasteiger partial charge in [0.15, 0.2) is 8.69 Å². The van der Waals surface area contributed by atoms with Crippen molar-refractivity contribution < 1.29 is 29.5 Å². The van der Waals surface area contributed by atoms with Crippen LogP contribution in [-0.2, 0) is 9.09 Å². The minimum atomic E-state index is -1.11. The second-order valence-electron chi connectivity index (χ2n) is 2.85. The summed E-state index contributed by atoms with van der Waals surface area (Å²) in [6, 6.07) is 0. The largest absolute Gasteiger partial charge is 0.396 e. The van der Waals surface area contributed by atoms with Gasteiger partial charge in [-0.3, -0.25) is 4.57 Å². The molecule has 0 aliphatic carbocycles. The van der Waals surface area contributed by atoms with Crippen molar-refractivity contribution in [1.82, 2.24) is 0 Å². The Morgan fingerprint density at radius 2 is 1.53 bits per heavy atom. The molecule has 0 aromatic carbocycles. The molecule has 0 radical (unpaired) electrons. The smallest absolute Gasteiger partial charge is 0.180 e. The SMILES string of the molecule is C=CCO[PH2]=O.OCC(CO)(CO)CO. The lowest BCUT2D eigenvalue weighted by atomic mass is 9.93. The van der Waals surface area contributed by atoms with Gasteiger partial charge in [-0.1, -0.05) is 6.08 Å². The number of hydrogen-bond donors (Lipinski definition) is 4. The van der Waals surface area contributed by atoms with Gasteiger partial charge in [0, 0.05) is 0 Å². The fraction of sp³-hybridized carbons (Fsp3) is 0.750. The molecule has 15 heavy (non-hydrogen) atoms. The van der Waals surface area contributed by atoms with E-state index < -0.39 is 40.5 Å². The van der Waals surface area contributed by atoms with E-state index in [4.69, 9.17) is 20.4 Å². The second-order valence-corrected chi connectivity index (χ2v) is 3.38. The Morgan fingerprint density at radius 3 is 1.60 bits per heavy atom. The molecule has 0 saturated carbocycles. The molecule has 0 saturated heterocycles. The molecule has 0 fully saturated rings. The lowest BCUT2D eigenvalue weighted by Crippen LogP contribution is -2.37. The zero-order chi connectivity index (χ0) is 12.2. The molecular formula is C8H19O6P. The molecule has 0 heterocycles. The summed E-state index contributed by atoms with van der Waals surface area (Å²) in [5.41, 5.74) is -1.11. The van der Waals surface area contributed by atoms with Crippen molar-refractivity contribution in [1.29, 1.82) is 0 Å². The van der Waals surface area contributed by atoms with Crippen molar-refractivity contribution in [2.75, 3.05) is 33.0 Å². The van der Waals surface area contributed by atoms with Crippen molar-refractivity contribution in [3.05, 3.63) is 12.7 Å². The normalized spacial score (nSPS) is 11.2. The summed E-state index contributed by atoms with van der Waals surface area (Å²) in [5, 5.41) is 34.0. The predicted octanol–water partition coefficient (Wildman–Crippen LogP) is -1.20. The maximum absolute atomic E-state index is 9.50. The maximum atomic E-state index is 9.50. The van der Waals surface area contributed by atoms with E-state index >= 15 is 0 Å². The quantitative estimate of drug-likeness (QED) is 0.254. The second kappa shape index (κ2) is 11.8. The van der Waals surface area contributed by atoms with Crippen LogP contribution in [0.5, 0.6) is 0 Å². The van der Waals surface area contributed by atoms with Gasteiger partial charge >= 0.3 is 0 Å². The van der Waals surface area contributed by atoms with Crippen LogP contribution in [0.15, 0.2) is 12.7 Å². The van der Waals surface area contributed by atoms with Gasteiger partial charge < -0.3 is 24.9 Å². The van der Waals surface area contributed by atoms with E-state index in [1.807, 2.05) is 0 Å². The Hall–Kier alpha value is -0.230. The van der Waals surface area contributed by atoms with E-state index in [-0.39, 0.29) is 0 Å². The molecular weight excluding hydrogens is 223 g/mol. The molecule has 0 aliphatic rings. The van der Waals surface area contributed by atoms with Gasteiger partial charge in [0.2, 0.25) is 0 Å². The summed E-state index contributed by atoms with van der Waals surface area (Å²) in [7, 11) is -1.04. The Morgan fingerprint density at radius 1 is 1.13 bits per heavy atom. The number of aliphatic hydroxyl groups is 4. The fourth-order valence-electron chi connectivity index (χ4n) is 0.407. The van der Waals surface area contributed by atoms with E-state index in [0.717, 1.165) is 0 Å². The first-order valence-electron chi connectivity index (χ1n) is 4.26. The lowest BCUT2D eigenvalue weighted by molar-refractivity contribution is -0.0328. The van der Waals surface area contributed by atoms with Crippen LogP contribution in [0, 0.1) is 5.41 Å². The Bertz CT molecular complexity index is 134. The standard InChI is InChI=1S/C5H12O4.C3H7O2P/c6-1-5(2-7,3-8)4-9;1-2-3-5-6-4/h6-9H,1-4H2;2H,1,3,6H2. The van der Waals surface area contributed by atoms with Crippen LogP contribution in [-0.4, -0.2) is 53.5 Å². The topological polar surface area (TPSA) is 107 Å². The van der Waals surface area contributed by atoms with E-state index in [2.05, 4.69) is 11.1 Å². The number of rotatable bonds is 7. The van der Waals surface area contributed by atoms with Crippen LogP contribution in [0.25, 0.3) is 0 Å². The van der Waals surface area contributed by atoms with Crippen molar-refractivity contribution in [2.24, 2.45) is 5.41 Å². The minimum Gasteiger partial charge on any atom is -0.396 e. The van der Waals surface area contributed by atoms with Crippen LogP contribution >= 0.6 is 8.69 Å². The summed E-state index contributed by atoms with van der Waals surface area (Å²) >= 11 is 0.